The molecule has 0 atom stereocenters. The second-order valence-corrected chi connectivity index (χ2v) is 3.99. The first-order valence-corrected chi connectivity index (χ1v) is 5.80. The van der Waals surface area contributed by atoms with E-state index in [1.807, 2.05) is 6.92 Å². The van der Waals surface area contributed by atoms with E-state index in [2.05, 4.69) is 0 Å². The third-order valence-corrected chi connectivity index (χ3v) is 2.60. The average Bonchev–Trinajstić information content (AvgIpc) is 2.32. The topological polar surface area (TPSA) is 87.1 Å². The summed E-state index contributed by atoms with van der Waals surface area (Å²) in [6, 6.07) is -1.11. The monoisotopic (exact) mass is 257 g/mol. The fraction of sp³-hybridized carbons (Fsp3) is 0.545. The Morgan fingerprint density at radius 3 is 2.56 bits per heavy atom. The molecule has 0 aromatic carbocycles. The zero-order valence-corrected chi connectivity index (χ0v) is 10.2. The largest absolute Gasteiger partial charge is 0.351 e. The molecule has 0 radical (unpaired) electrons. The molecular weight excluding hydrogens is 241 g/mol. The third-order valence-electron chi connectivity index (χ3n) is 2.60. The number of aromatic nitrogens is 2. The van der Waals surface area contributed by atoms with Crippen LogP contribution in [0, 0.1) is 5.82 Å². The number of carbonyl (C=O) groups excluding carboxylic acids is 1. The minimum Gasteiger partial charge on any atom is -0.351 e. The number of halogens is 1. The highest BCUT2D eigenvalue weighted by atomic mass is 19.1. The molecular formula is C11H16FN3O3. The molecule has 1 heterocycles. The molecule has 1 aromatic rings. The first-order valence-electron chi connectivity index (χ1n) is 5.80. The van der Waals surface area contributed by atoms with Crippen LogP contribution in [-0.4, -0.2) is 15.2 Å². The van der Waals surface area contributed by atoms with E-state index in [1.165, 1.54) is 0 Å². The number of nitrogens with zero attached hydrogens (tertiary/aromatic N) is 2. The van der Waals surface area contributed by atoms with Crippen LogP contribution in [0.15, 0.2) is 15.8 Å². The van der Waals surface area contributed by atoms with Gasteiger partial charge in [-0.2, -0.15) is 4.39 Å². The Hall–Kier alpha value is -1.92. The van der Waals surface area contributed by atoms with Gasteiger partial charge in [-0.25, -0.2) is 14.2 Å². The number of nitrogens with two attached hydrogens (primary N) is 1. The molecule has 1 aromatic heterocycles. The summed E-state index contributed by atoms with van der Waals surface area (Å²) < 4.78 is 14.4. The summed E-state index contributed by atoms with van der Waals surface area (Å²) in [6.07, 6.45) is 3.90. The Bertz CT molecular complexity index is 547. The van der Waals surface area contributed by atoms with Crippen molar-refractivity contribution in [3.8, 4) is 0 Å². The number of hydrogen-bond donors (Lipinski definition) is 1. The van der Waals surface area contributed by atoms with Crippen molar-refractivity contribution in [3.05, 3.63) is 32.9 Å². The molecule has 0 fully saturated rings. The average molecular weight is 257 g/mol. The zero-order chi connectivity index (χ0) is 13.7. The lowest BCUT2D eigenvalue weighted by Gasteiger charge is -2.07. The minimum absolute atomic E-state index is 0.0860. The third kappa shape index (κ3) is 3.06. The predicted octanol–water partition coefficient (Wildman–Crippen LogP) is 0.656. The molecule has 1 rings (SSSR count). The van der Waals surface area contributed by atoms with Crippen molar-refractivity contribution in [2.75, 3.05) is 0 Å². The smallest absolute Gasteiger partial charge is 0.339 e. The second kappa shape index (κ2) is 6.13. The van der Waals surface area contributed by atoms with Gasteiger partial charge < -0.3 is 5.73 Å². The molecule has 0 spiro atoms. The molecule has 7 heteroatoms. The Labute approximate surface area is 103 Å². The summed E-state index contributed by atoms with van der Waals surface area (Å²) in [5.74, 6) is -1.16. The molecule has 0 unspecified atom stereocenters. The number of rotatable bonds is 5. The van der Waals surface area contributed by atoms with E-state index in [9.17, 15) is 18.8 Å². The quantitative estimate of drug-likeness (QED) is 0.786. The molecule has 1 amide bonds. The zero-order valence-electron chi connectivity index (χ0n) is 10.2. The van der Waals surface area contributed by atoms with E-state index in [4.69, 9.17) is 5.73 Å². The van der Waals surface area contributed by atoms with Crippen molar-refractivity contribution in [2.45, 2.75) is 39.2 Å². The fourth-order valence-electron chi connectivity index (χ4n) is 1.62. The van der Waals surface area contributed by atoms with Gasteiger partial charge in [-0.15, -0.1) is 0 Å². The fourth-order valence-corrected chi connectivity index (χ4v) is 1.62. The van der Waals surface area contributed by atoms with E-state index in [0.29, 0.717) is 21.8 Å². The van der Waals surface area contributed by atoms with Crippen LogP contribution in [0.2, 0.25) is 0 Å². The summed E-state index contributed by atoms with van der Waals surface area (Å²) in [5, 5.41) is 0. The van der Waals surface area contributed by atoms with Gasteiger partial charge in [-0.1, -0.05) is 26.2 Å². The van der Waals surface area contributed by atoms with Gasteiger partial charge in [-0.05, 0) is 6.42 Å². The maximum Gasteiger partial charge on any atom is 0.339 e. The van der Waals surface area contributed by atoms with Gasteiger partial charge in [0.1, 0.15) is 0 Å². The van der Waals surface area contributed by atoms with Crippen molar-refractivity contribution >= 4 is 6.03 Å². The van der Waals surface area contributed by atoms with E-state index in [-0.39, 0.29) is 6.54 Å². The maximum atomic E-state index is 13.3. The van der Waals surface area contributed by atoms with Crippen LogP contribution in [0.1, 0.15) is 32.6 Å². The van der Waals surface area contributed by atoms with Crippen LogP contribution in [0.4, 0.5) is 9.18 Å². The van der Waals surface area contributed by atoms with Crippen molar-refractivity contribution < 1.29 is 9.18 Å². The number of unbranched alkanes of at least 4 members (excludes halogenated alkanes) is 3. The Kier molecular flexibility index (Phi) is 4.82. The summed E-state index contributed by atoms with van der Waals surface area (Å²) in [7, 11) is 0. The SMILES string of the molecule is CCCCCCn1c(=O)c(F)cn(C(N)=O)c1=O. The van der Waals surface area contributed by atoms with E-state index in [0.717, 1.165) is 19.3 Å². The van der Waals surface area contributed by atoms with Crippen LogP contribution in [0.5, 0.6) is 0 Å². The molecule has 0 saturated heterocycles. The first kappa shape index (κ1) is 14.1. The molecule has 0 saturated carbocycles. The van der Waals surface area contributed by atoms with E-state index < -0.39 is 23.1 Å². The summed E-state index contributed by atoms with van der Waals surface area (Å²) >= 11 is 0. The molecule has 18 heavy (non-hydrogen) atoms. The standard InChI is InChI=1S/C11H16FN3O3/c1-2-3-4-5-6-14-9(16)8(12)7-15(10(13)17)11(14)18/h7H,2-6H2,1H3,(H2,13,17). The van der Waals surface area contributed by atoms with Gasteiger partial charge in [0, 0.05) is 6.54 Å². The van der Waals surface area contributed by atoms with Gasteiger partial charge in [0.05, 0.1) is 6.20 Å². The number of carbonyl (C=O) groups is 1. The second-order valence-electron chi connectivity index (χ2n) is 3.99. The Morgan fingerprint density at radius 1 is 1.33 bits per heavy atom. The van der Waals surface area contributed by atoms with Crippen LogP contribution in [-0.2, 0) is 6.54 Å². The molecule has 2 N–H and O–H groups in total. The molecule has 100 valence electrons. The van der Waals surface area contributed by atoms with Crippen LogP contribution >= 0.6 is 0 Å². The highest BCUT2D eigenvalue weighted by molar-refractivity contribution is 5.74. The normalized spacial score (nSPS) is 10.6. The molecule has 0 bridgehead atoms. The van der Waals surface area contributed by atoms with Crippen LogP contribution in [0.3, 0.4) is 0 Å². The minimum atomic E-state index is -1.16. The number of amides is 1. The van der Waals surface area contributed by atoms with Crippen molar-refractivity contribution in [3.63, 3.8) is 0 Å². The molecule has 0 aliphatic heterocycles. The number of hydrogen-bond acceptors (Lipinski definition) is 3. The first-order chi connectivity index (χ1) is 8.49. The van der Waals surface area contributed by atoms with Crippen LogP contribution in [0.25, 0.3) is 0 Å². The lowest BCUT2D eigenvalue weighted by molar-refractivity contribution is 0.248. The van der Waals surface area contributed by atoms with Gasteiger partial charge in [0.25, 0.3) is 5.56 Å². The molecule has 0 aliphatic rings. The predicted molar refractivity (Wildman–Crippen MR) is 64.0 cm³/mol. The summed E-state index contributed by atoms with van der Waals surface area (Å²) in [4.78, 5) is 34.1. The van der Waals surface area contributed by atoms with Gasteiger partial charge in [-0.3, -0.25) is 9.36 Å². The van der Waals surface area contributed by atoms with Crippen molar-refractivity contribution in [1.82, 2.24) is 9.13 Å². The Morgan fingerprint density at radius 2 is 2.00 bits per heavy atom. The van der Waals surface area contributed by atoms with Gasteiger partial charge in [0.2, 0.25) is 5.82 Å². The maximum absolute atomic E-state index is 13.3. The highest BCUT2D eigenvalue weighted by Gasteiger charge is 2.13. The summed E-state index contributed by atoms with van der Waals surface area (Å²) in [5.41, 5.74) is 3.00. The lowest BCUT2D eigenvalue weighted by atomic mass is 10.2. The lowest BCUT2D eigenvalue weighted by Crippen LogP contribution is -2.44. The van der Waals surface area contributed by atoms with Crippen molar-refractivity contribution in [2.24, 2.45) is 5.73 Å². The van der Waals surface area contributed by atoms with Crippen molar-refractivity contribution in [1.29, 1.82) is 0 Å². The molecule has 0 aliphatic carbocycles. The van der Waals surface area contributed by atoms with Gasteiger partial charge >= 0.3 is 11.7 Å². The number of primary amides is 1. The highest BCUT2D eigenvalue weighted by Crippen LogP contribution is 1.99. The van der Waals surface area contributed by atoms with Gasteiger partial charge in [0.15, 0.2) is 0 Å². The summed E-state index contributed by atoms with van der Waals surface area (Å²) in [6.45, 7) is 2.11. The molecule has 6 nitrogen and oxygen atoms in total. The van der Waals surface area contributed by atoms with E-state index >= 15 is 0 Å². The Balaban J connectivity index is 3.06. The van der Waals surface area contributed by atoms with Crippen LogP contribution < -0.4 is 17.0 Å². The van der Waals surface area contributed by atoms with E-state index in [1.54, 1.807) is 0 Å².